The molecule has 0 aliphatic heterocycles. The molecule has 0 radical (unpaired) electrons. The molecular weight excluding hydrogens is 488 g/mol. The van der Waals surface area contributed by atoms with E-state index in [-0.39, 0.29) is 5.88 Å². The fourth-order valence-corrected chi connectivity index (χ4v) is 6.01. The van der Waals surface area contributed by atoms with E-state index in [9.17, 15) is 9.90 Å². The van der Waals surface area contributed by atoms with Gasteiger partial charge in [0, 0.05) is 28.1 Å². The van der Waals surface area contributed by atoms with Gasteiger partial charge in [0.05, 0.1) is 17.8 Å². The fourth-order valence-electron chi connectivity index (χ4n) is 6.01. The molecule has 0 bridgehead atoms. The third-order valence-corrected chi connectivity index (χ3v) is 7.81. The van der Waals surface area contributed by atoms with Crippen molar-refractivity contribution in [2.24, 2.45) is 0 Å². The number of hydrogen-bond acceptors (Lipinski definition) is 4. The van der Waals surface area contributed by atoms with E-state index >= 15 is 0 Å². The van der Waals surface area contributed by atoms with Crippen molar-refractivity contribution in [2.45, 2.75) is 50.9 Å². The predicted molar refractivity (Wildman–Crippen MR) is 154 cm³/mol. The molecule has 2 N–H and O–H groups in total. The smallest absolute Gasteiger partial charge is 0.493 e. The molecule has 5 aromatic rings. The van der Waals surface area contributed by atoms with Crippen molar-refractivity contribution in [2.75, 3.05) is 6.61 Å². The van der Waals surface area contributed by atoms with Crippen LogP contribution in [0, 0.1) is 0 Å². The van der Waals surface area contributed by atoms with Crippen LogP contribution in [0.2, 0.25) is 0 Å². The van der Waals surface area contributed by atoms with Gasteiger partial charge in [-0.25, -0.2) is 4.79 Å². The van der Waals surface area contributed by atoms with Gasteiger partial charge in [-0.1, -0.05) is 79.9 Å². The number of carbonyl (C=O) groups is 1. The van der Waals surface area contributed by atoms with Crippen LogP contribution in [0.15, 0.2) is 79.0 Å². The number of ether oxygens (including phenoxy) is 2. The monoisotopic (exact) mass is 520 g/mol. The quantitative estimate of drug-likeness (QED) is 0.158. The second-order valence-corrected chi connectivity index (χ2v) is 10.2. The van der Waals surface area contributed by atoms with Crippen molar-refractivity contribution in [3.8, 4) is 22.9 Å². The maximum absolute atomic E-state index is 11.6. The van der Waals surface area contributed by atoms with Crippen molar-refractivity contribution < 1.29 is 19.4 Å². The summed E-state index contributed by atoms with van der Waals surface area (Å²) in [6, 6.07) is 24.5. The zero-order chi connectivity index (χ0) is 26.6. The summed E-state index contributed by atoms with van der Waals surface area (Å²) in [5.41, 5.74) is 4.90. The zero-order valence-electron chi connectivity index (χ0n) is 21.9. The summed E-state index contributed by atoms with van der Waals surface area (Å²) in [7, 11) is 0. The Kier molecular flexibility index (Phi) is 7.17. The predicted octanol–water partition coefficient (Wildman–Crippen LogP) is 8.50. The van der Waals surface area contributed by atoms with E-state index in [4.69, 9.17) is 14.5 Å². The lowest BCUT2D eigenvalue weighted by molar-refractivity contribution is 0.142. The number of nitrogens with zero attached hydrogens (tertiary/aromatic N) is 1. The number of aromatic amines is 1. The van der Waals surface area contributed by atoms with E-state index in [0.717, 1.165) is 44.2 Å². The van der Waals surface area contributed by atoms with E-state index in [1.165, 1.54) is 37.7 Å². The first kappa shape index (κ1) is 25.0. The molecule has 0 atom stereocenters. The van der Waals surface area contributed by atoms with Gasteiger partial charge in [0.15, 0.2) is 0 Å². The number of H-pyrrole nitrogens is 1. The SMILES string of the molecule is O=C(O)Oc1[nH]c2c(-c3ncccc3C3CCCCC3)cccc2c1CCCOc1cccc2ccccc12. The van der Waals surface area contributed by atoms with Crippen molar-refractivity contribution in [1.82, 2.24) is 9.97 Å². The number of benzene rings is 3. The van der Waals surface area contributed by atoms with Crippen LogP contribution in [-0.4, -0.2) is 27.8 Å². The molecule has 0 spiro atoms. The van der Waals surface area contributed by atoms with Crippen molar-refractivity contribution >= 4 is 27.8 Å². The molecule has 3 aromatic carbocycles. The average molecular weight is 521 g/mol. The van der Waals surface area contributed by atoms with Gasteiger partial charge in [0.25, 0.3) is 0 Å². The normalized spacial score (nSPS) is 14.1. The summed E-state index contributed by atoms with van der Waals surface area (Å²) in [4.78, 5) is 19.7. The Morgan fingerprint density at radius 3 is 2.59 bits per heavy atom. The lowest BCUT2D eigenvalue weighted by atomic mass is 9.82. The van der Waals surface area contributed by atoms with E-state index < -0.39 is 6.16 Å². The average Bonchev–Trinajstić information content (AvgIpc) is 3.32. The number of nitrogens with one attached hydrogen (secondary N) is 1. The molecule has 39 heavy (non-hydrogen) atoms. The molecule has 0 unspecified atom stereocenters. The van der Waals surface area contributed by atoms with E-state index in [1.807, 2.05) is 48.7 Å². The van der Waals surface area contributed by atoms with Crippen LogP contribution in [0.25, 0.3) is 32.9 Å². The standard InChI is InChI=1S/C33H32N2O4/c36-33(37)39-32-27(18-9-21-38-29-19-6-13-22-12-4-5-14-24(22)29)26-15-7-16-28(31(26)35-32)30-25(17-8-20-34-30)23-10-2-1-3-11-23/h4-8,12-17,19-20,23,35H,1-3,9-11,18,21H2,(H,36,37). The van der Waals surface area contributed by atoms with Crippen molar-refractivity contribution in [3.05, 3.63) is 90.1 Å². The fraction of sp³-hybridized carbons (Fsp3) is 0.273. The summed E-state index contributed by atoms with van der Waals surface area (Å²) in [6.45, 7) is 0.499. The number of aryl methyl sites for hydroxylation is 1. The second-order valence-electron chi connectivity index (χ2n) is 10.2. The highest BCUT2D eigenvalue weighted by Gasteiger charge is 2.23. The van der Waals surface area contributed by atoms with Crippen LogP contribution in [0.5, 0.6) is 11.6 Å². The third kappa shape index (κ3) is 5.19. The van der Waals surface area contributed by atoms with Crippen LogP contribution in [0.3, 0.4) is 0 Å². The molecule has 198 valence electrons. The minimum Gasteiger partial charge on any atom is -0.493 e. The Morgan fingerprint density at radius 2 is 1.72 bits per heavy atom. The molecule has 1 aliphatic carbocycles. The maximum Gasteiger partial charge on any atom is 0.512 e. The molecule has 0 saturated heterocycles. The minimum absolute atomic E-state index is 0.269. The summed E-state index contributed by atoms with van der Waals surface area (Å²) in [6.07, 6.45) is 7.94. The molecule has 0 amide bonds. The molecule has 1 fully saturated rings. The van der Waals surface area contributed by atoms with Crippen LogP contribution < -0.4 is 9.47 Å². The number of carboxylic acid groups (broad SMARTS) is 1. The first-order chi connectivity index (χ1) is 19.2. The summed E-state index contributed by atoms with van der Waals surface area (Å²) < 4.78 is 11.4. The van der Waals surface area contributed by atoms with E-state index in [2.05, 4.69) is 35.3 Å². The molecule has 2 aromatic heterocycles. The van der Waals surface area contributed by atoms with Gasteiger partial charge in [-0.3, -0.25) is 4.98 Å². The van der Waals surface area contributed by atoms with Crippen LogP contribution in [0.1, 0.15) is 55.6 Å². The Bertz CT molecular complexity index is 1610. The van der Waals surface area contributed by atoms with E-state index in [0.29, 0.717) is 25.4 Å². The Labute approximate surface area is 227 Å². The van der Waals surface area contributed by atoms with Gasteiger partial charge < -0.3 is 19.6 Å². The van der Waals surface area contributed by atoms with Crippen LogP contribution in [-0.2, 0) is 6.42 Å². The molecule has 6 rings (SSSR count). The maximum atomic E-state index is 11.6. The highest BCUT2D eigenvalue weighted by Crippen LogP contribution is 2.41. The number of hydrogen-bond donors (Lipinski definition) is 2. The Hall–Kier alpha value is -4.32. The summed E-state index contributed by atoms with van der Waals surface area (Å²) >= 11 is 0. The Morgan fingerprint density at radius 1 is 0.923 bits per heavy atom. The van der Waals surface area contributed by atoms with Crippen molar-refractivity contribution in [3.63, 3.8) is 0 Å². The number of aromatic nitrogens is 2. The van der Waals surface area contributed by atoms with Gasteiger partial charge in [-0.05, 0) is 54.7 Å². The van der Waals surface area contributed by atoms with Gasteiger partial charge >= 0.3 is 6.16 Å². The Balaban J connectivity index is 1.29. The largest absolute Gasteiger partial charge is 0.512 e. The topological polar surface area (TPSA) is 84.4 Å². The van der Waals surface area contributed by atoms with Crippen LogP contribution >= 0.6 is 0 Å². The third-order valence-electron chi connectivity index (χ3n) is 7.81. The molecule has 2 heterocycles. The highest BCUT2D eigenvalue weighted by atomic mass is 16.7. The molecule has 6 heteroatoms. The molecule has 6 nitrogen and oxygen atoms in total. The minimum atomic E-state index is -1.34. The number of fused-ring (bicyclic) bond motifs is 2. The number of para-hydroxylation sites is 1. The first-order valence-corrected chi connectivity index (χ1v) is 13.8. The molecular formula is C33H32N2O4. The van der Waals surface area contributed by atoms with Gasteiger partial charge in [0.2, 0.25) is 5.88 Å². The van der Waals surface area contributed by atoms with Gasteiger partial charge in [-0.2, -0.15) is 0 Å². The highest BCUT2D eigenvalue weighted by molar-refractivity contribution is 5.98. The zero-order valence-corrected chi connectivity index (χ0v) is 21.9. The first-order valence-electron chi connectivity index (χ1n) is 13.8. The number of rotatable bonds is 8. The molecule has 1 aliphatic rings. The summed E-state index contributed by atoms with van der Waals surface area (Å²) in [5.74, 6) is 1.61. The van der Waals surface area contributed by atoms with Gasteiger partial charge in [0.1, 0.15) is 5.75 Å². The van der Waals surface area contributed by atoms with E-state index in [1.54, 1.807) is 0 Å². The summed E-state index contributed by atoms with van der Waals surface area (Å²) in [5, 5.41) is 12.6. The number of pyridine rings is 1. The van der Waals surface area contributed by atoms with Gasteiger partial charge in [-0.15, -0.1) is 0 Å². The second kappa shape index (κ2) is 11.2. The van der Waals surface area contributed by atoms with Crippen LogP contribution in [0.4, 0.5) is 4.79 Å². The lowest BCUT2D eigenvalue weighted by Gasteiger charge is -2.24. The lowest BCUT2D eigenvalue weighted by Crippen LogP contribution is -2.07. The van der Waals surface area contributed by atoms with Crippen molar-refractivity contribution in [1.29, 1.82) is 0 Å². The molecule has 1 saturated carbocycles.